The van der Waals surface area contributed by atoms with Crippen molar-refractivity contribution in [1.82, 2.24) is 10.2 Å². The summed E-state index contributed by atoms with van der Waals surface area (Å²) in [5.41, 5.74) is 0.317. The summed E-state index contributed by atoms with van der Waals surface area (Å²) in [5.74, 6) is -4.23. The highest BCUT2D eigenvalue weighted by molar-refractivity contribution is 6.31. The first-order chi connectivity index (χ1) is 21.3. The molecule has 0 radical (unpaired) electrons. The Morgan fingerprint density at radius 3 is 2.37 bits per heavy atom. The van der Waals surface area contributed by atoms with E-state index >= 15 is 0 Å². The molecule has 4 N–H and O–H groups in total. The monoisotopic (exact) mass is 689 g/mol. The number of benzene rings is 2. The number of alkyl halides is 3. The van der Waals surface area contributed by atoms with E-state index in [2.05, 4.69) is 36.3 Å². The number of hydrogen-bond acceptors (Lipinski definition) is 6. The first-order valence-corrected chi connectivity index (χ1v) is 15.7. The third kappa shape index (κ3) is 7.68. The number of carbonyl (C=O) groups excluding carboxylic acids is 2. The van der Waals surface area contributed by atoms with E-state index in [4.69, 9.17) is 33.1 Å². The molecule has 1 amide bonds. The summed E-state index contributed by atoms with van der Waals surface area (Å²) in [7, 11) is 0. The number of nitrogens with zero attached hydrogens (tertiary/aromatic N) is 1. The molecule has 5 atom stereocenters. The van der Waals surface area contributed by atoms with Crippen LogP contribution in [-0.4, -0.2) is 76.8 Å². The van der Waals surface area contributed by atoms with Crippen LogP contribution < -0.4 is 10.6 Å². The van der Waals surface area contributed by atoms with Crippen molar-refractivity contribution in [3.63, 3.8) is 0 Å². The Hall–Kier alpha value is -2.77. The Kier molecular flexibility index (Phi) is 10.8. The van der Waals surface area contributed by atoms with Crippen LogP contribution in [-0.2, 0) is 19.8 Å². The van der Waals surface area contributed by atoms with Crippen LogP contribution in [0.5, 0.6) is 0 Å². The van der Waals surface area contributed by atoms with Gasteiger partial charge in [0.2, 0.25) is 5.91 Å². The number of β-amino-alcohol motifs (C(OH)–C–C–N with tert-alkyl or cyclic N) is 1. The molecule has 0 aromatic heterocycles. The average Bonchev–Trinajstić information content (AvgIpc) is 3.58. The zero-order valence-corrected chi connectivity index (χ0v) is 27.1. The lowest BCUT2D eigenvalue weighted by Crippen LogP contribution is -2.49. The van der Waals surface area contributed by atoms with Crippen LogP contribution in [0.2, 0.25) is 10.0 Å². The number of ketones is 1. The maximum atomic E-state index is 15.0. The summed E-state index contributed by atoms with van der Waals surface area (Å²) in [6, 6.07) is 8.98. The van der Waals surface area contributed by atoms with E-state index < -0.39 is 41.4 Å². The SMILES string of the molecule is CC(C)(C)C[C@H]1N[C@@H](C(=O)CCCN2CC[C@H](O)C2)[C@H](c2cccc(Cl)c2)[C@@]12C(=O)Nc1cc(Cl)c(F)cc12.O=C(O)C(F)(F)F. The summed E-state index contributed by atoms with van der Waals surface area (Å²) < 4.78 is 46.7. The molecular formula is C32H37Cl2F4N3O5. The third-order valence-corrected chi connectivity index (χ3v) is 9.17. The molecule has 252 valence electrons. The molecule has 2 aromatic rings. The first kappa shape index (κ1) is 36.1. The maximum absolute atomic E-state index is 15.0. The molecule has 5 rings (SSSR count). The van der Waals surface area contributed by atoms with E-state index in [9.17, 15) is 32.3 Å². The van der Waals surface area contributed by atoms with Crippen molar-refractivity contribution in [2.45, 2.75) is 82.2 Å². The van der Waals surface area contributed by atoms with Gasteiger partial charge >= 0.3 is 12.1 Å². The van der Waals surface area contributed by atoms with Crippen molar-refractivity contribution in [2.75, 3.05) is 25.0 Å². The number of likely N-dealkylation sites (tertiary alicyclic amines) is 1. The highest BCUT2D eigenvalue weighted by Crippen LogP contribution is 2.57. The summed E-state index contributed by atoms with van der Waals surface area (Å²) in [5, 5.41) is 23.9. The van der Waals surface area contributed by atoms with Gasteiger partial charge in [-0.15, -0.1) is 0 Å². The molecule has 0 aliphatic carbocycles. The van der Waals surface area contributed by atoms with Crippen molar-refractivity contribution in [2.24, 2.45) is 5.41 Å². The van der Waals surface area contributed by atoms with Gasteiger partial charge in [0.25, 0.3) is 0 Å². The van der Waals surface area contributed by atoms with Crippen molar-refractivity contribution >= 4 is 46.5 Å². The number of fused-ring (bicyclic) bond motifs is 2. The quantitative estimate of drug-likeness (QED) is 0.266. The molecule has 2 saturated heterocycles. The van der Waals surface area contributed by atoms with E-state index in [0.29, 0.717) is 42.1 Å². The minimum absolute atomic E-state index is 0.00573. The van der Waals surface area contributed by atoms with Gasteiger partial charge in [-0.3, -0.25) is 9.59 Å². The van der Waals surface area contributed by atoms with Gasteiger partial charge in [-0.25, -0.2) is 9.18 Å². The molecule has 3 heterocycles. The fourth-order valence-electron chi connectivity index (χ4n) is 6.83. The number of halogens is 6. The van der Waals surface area contributed by atoms with Crippen LogP contribution in [0.3, 0.4) is 0 Å². The van der Waals surface area contributed by atoms with Crippen LogP contribution >= 0.6 is 23.2 Å². The number of aliphatic hydroxyl groups is 1. The molecule has 3 aliphatic heterocycles. The predicted molar refractivity (Wildman–Crippen MR) is 166 cm³/mol. The summed E-state index contributed by atoms with van der Waals surface area (Å²) in [6.07, 6.45) is -3.09. The Balaban J connectivity index is 0.000000617. The Morgan fingerprint density at radius 2 is 1.80 bits per heavy atom. The van der Waals surface area contributed by atoms with Gasteiger partial charge < -0.3 is 25.7 Å². The van der Waals surface area contributed by atoms with Crippen LogP contribution in [0, 0.1) is 11.2 Å². The van der Waals surface area contributed by atoms with Gasteiger partial charge in [0.15, 0.2) is 0 Å². The van der Waals surface area contributed by atoms with E-state index in [1.165, 1.54) is 12.1 Å². The molecule has 0 bridgehead atoms. The number of aliphatic hydroxyl groups excluding tert-OH is 1. The fraction of sp³-hybridized carbons (Fsp3) is 0.531. The lowest BCUT2D eigenvalue weighted by atomic mass is 9.62. The van der Waals surface area contributed by atoms with Crippen LogP contribution in [0.1, 0.15) is 63.5 Å². The van der Waals surface area contributed by atoms with Crippen molar-refractivity contribution in [3.05, 3.63) is 63.4 Å². The number of rotatable bonds is 7. The number of Topliss-reactive ketones (excluding diaryl/α,β-unsaturated/α-hetero) is 1. The number of amides is 1. The molecule has 8 nitrogen and oxygen atoms in total. The molecule has 1 spiro atoms. The maximum Gasteiger partial charge on any atom is 0.490 e. The number of aliphatic carboxylic acids is 1. The van der Waals surface area contributed by atoms with Gasteiger partial charge in [-0.05, 0) is 66.6 Å². The molecule has 3 aliphatic rings. The lowest BCUT2D eigenvalue weighted by Gasteiger charge is -2.37. The van der Waals surface area contributed by atoms with E-state index in [1.54, 1.807) is 12.1 Å². The van der Waals surface area contributed by atoms with Crippen LogP contribution in [0.25, 0.3) is 0 Å². The zero-order valence-electron chi connectivity index (χ0n) is 25.6. The number of nitrogens with one attached hydrogen (secondary N) is 2. The molecule has 0 saturated carbocycles. The van der Waals surface area contributed by atoms with E-state index in [0.717, 1.165) is 25.1 Å². The summed E-state index contributed by atoms with van der Waals surface area (Å²) in [4.78, 5) is 39.2. The molecule has 0 unspecified atom stereocenters. The normalized spacial score (nSPS) is 26.1. The van der Waals surface area contributed by atoms with E-state index in [1.807, 2.05) is 12.1 Å². The second-order valence-corrected chi connectivity index (χ2v) is 14.1. The molecule has 2 aromatic carbocycles. The van der Waals surface area contributed by atoms with Crippen molar-refractivity contribution in [3.8, 4) is 0 Å². The van der Waals surface area contributed by atoms with Gasteiger partial charge in [0, 0.05) is 42.2 Å². The van der Waals surface area contributed by atoms with Gasteiger partial charge in [-0.1, -0.05) is 56.1 Å². The average molecular weight is 691 g/mol. The van der Waals surface area contributed by atoms with Crippen molar-refractivity contribution < 1.29 is 42.2 Å². The molecule has 2 fully saturated rings. The van der Waals surface area contributed by atoms with Gasteiger partial charge in [-0.2, -0.15) is 13.2 Å². The number of carboxylic acids is 1. The number of hydrogen-bond donors (Lipinski definition) is 4. The minimum Gasteiger partial charge on any atom is -0.475 e. The second-order valence-electron chi connectivity index (χ2n) is 13.2. The largest absolute Gasteiger partial charge is 0.490 e. The first-order valence-electron chi connectivity index (χ1n) is 14.9. The fourth-order valence-corrected chi connectivity index (χ4v) is 7.20. The summed E-state index contributed by atoms with van der Waals surface area (Å²) in [6.45, 7) is 8.44. The topological polar surface area (TPSA) is 119 Å². The Labute approximate surface area is 274 Å². The minimum atomic E-state index is -5.08. The lowest BCUT2D eigenvalue weighted by molar-refractivity contribution is -0.192. The highest BCUT2D eigenvalue weighted by atomic mass is 35.5. The smallest absolute Gasteiger partial charge is 0.475 e. The van der Waals surface area contributed by atoms with Crippen molar-refractivity contribution in [1.29, 1.82) is 0 Å². The number of anilines is 1. The van der Waals surface area contributed by atoms with E-state index in [-0.39, 0.29) is 28.2 Å². The third-order valence-electron chi connectivity index (χ3n) is 8.64. The Bertz CT molecular complexity index is 1480. The Morgan fingerprint density at radius 1 is 1.13 bits per heavy atom. The standard InChI is InChI=1S/C30H36Cl2FN3O3.C2HF3O2/c1-29(2,3)15-25-30(20-13-22(33)21(32)14-23(20)34-28(30)39)26(17-6-4-7-18(31)12-17)27(35-25)24(38)8-5-10-36-11-9-19(37)16-36;3-2(4,5)1(6)7/h4,6-7,12-14,19,25-27,35,37H,5,8-11,15-16H2,1-3H3,(H,34,39);(H,6,7)/t19-,25+,26-,27-,30-;/m0./s1. The van der Waals surface area contributed by atoms with Gasteiger partial charge in [0.05, 0.1) is 17.2 Å². The number of carbonyl (C=O) groups is 3. The molecule has 46 heavy (non-hydrogen) atoms. The van der Waals surface area contributed by atoms with Gasteiger partial charge in [0.1, 0.15) is 17.0 Å². The predicted octanol–water partition coefficient (Wildman–Crippen LogP) is 5.93. The summed E-state index contributed by atoms with van der Waals surface area (Å²) >= 11 is 12.5. The van der Waals surface area contributed by atoms with Crippen LogP contribution in [0.4, 0.5) is 23.2 Å². The number of carboxylic acid groups (broad SMARTS) is 1. The molecule has 14 heteroatoms. The zero-order chi connectivity index (χ0) is 34.2. The second kappa shape index (κ2) is 13.8. The molecular weight excluding hydrogens is 653 g/mol. The highest BCUT2D eigenvalue weighted by Gasteiger charge is 2.65. The van der Waals surface area contributed by atoms with Crippen LogP contribution in [0.15, 0.2) is 36.4 Å².